The van der Waals surface area contributed by atoms with E-state index in [1.165, 1.54) is 0 Å². The van der Waals surface area contributed by atoms with Gasteiger partial charge in [-0.15, -0.1) is 0 Å². The highest BCUT2D eigenvalue weighted by atomic mass is 16.7. The molecular formula is C15H16N2O4. The van der Waals surface area contributed by atoms with Crippen molar-refractivity contribution < 1.29 is 19.2 Å². The van der Waals surface area contributed by atoms with Gasteiger partial charge in [0.1, 0.15) is 0 Å². The van der Waals surface area contributed by atoms with Crippen LogP contribution >= 0.6 is 0 Å². The molecule has 0 spiro atoms. The minimum atomic E-state index is -0.714. The number of imide groups is 1. The number of nitrogens with zero attached hydrogens (tertiary/aromatic N) is 1. The molecule has 3 amide bonds. The van der Waals surface area contributed by atoms with Gasteiger partial charge in [0.25, 0.3) is 5.91 Å². The molecular weight excluding hydrogens is 272 g/mol. The Bertz CT molecular complexity index is 572. The summed E-state index contributed by atoms with van der Waals surface area (Å²) >= 11 is 0. The fraction of sp³-hybridized carbons (Fsp3) is 0.400. The Labute approximate surface area is 122 Å². The molecule has 1 aliphatic heterocycles. The predicted molar refractivity (Wildman–Crippen MR) is 73.0 cm³/mol. The van der Waals surface area contributed by atoms with Gasteiger partial charge in [-0.3, -0.25) is 4.79 Å². The van der Waals surface area contributed by atoms with Gasteiger partial charge in [-0.25, -0.2) is 9.59 Å². The van der Waals surface area contributed by atoms with Crippen molar-refractivity contribution in [2.45, 2.75) is 31.7 Å². The number of carbonyl (C=O) groups excluding carboxylic acids is 3. The van der Waals surface area contributed by atoms with Crippen LogP contribution in [0.2, 0.25) is 0 Å². The zero-order valence-corrected chi connectivity index (χ0v) is 11.5. The molecule has 1 heterocycles. The number of hydrogen-bond acceptors (Lipinski definition) is 4. The van der Waals surface area contributed by atoms with Gasteiger partial charge in [0, 0.05) is 6.04 Å². The van der Waals surface area contributed by atoms with E-state index in [4.69, 9.17) is 4.84 Å². The molecule has 1 saturated heterocycles. The first-order valence-electron chi connectivity index (χ1n) is 7.08. The molecule has 2 atom stereocenters. The Morgan fingerprint density at radius 1 is 1.14 bits per heavy atom. The molecule has 110 valence electrons. The van der Waals surface area contributed by atoms with Gasteiger partial charge in [0.2, 0.25) is 0 Å². The van der Waals surface area contributed by atoms with Crippen LogP contribution in [-0.4, -0.2) is 29.0 Å². The lowest BCUT2D eigenvalue weighted by atomic mass is 9.83. The van der Waals surface area contributed by atoms with E-state index in [2.05, 4.69) is 5.32 Å². The fourth-order valence-electron chi connectivity index (χ4n) is 2.86. The molecule has 6 nitrogen and oxygen atoms in total. The number of amides is 3. The van der Waals surface area contributed by atoms with E-state index in [0.717, 1.165) is 19.3 Å². The summed E-state index contributed by atoms with van der Waals surface area (Å²) in [4.78, 5) is 41.2. The number of hydrogen-bond donors (Lipinski definition) is 1. The lowest BCUT2D eigenvalue weighted by Crippen LogP contribution is -2.60. The highest BCUT2D eigenvalue weighted by Crippen LogP contribution is 2.29. The summed E-state index contributed by atoms with van der Waals surface area (Å²) in [6, 6.07) is 7.48. The van der Waals surface area contributed by atoms with Gasteiger partial charge in [-0.2, -0.15) is 0 Å². The van der Waals surface area contributed by atoms with Gasteiger partial charge in [-0.1, -0.05) is 36.1 Å². The summed E-state index contributed by atoms with van der Waals surface area (Å²) in [5, 5.41) is 3.32. The van der Waals surface area contributed by atoms with E-state index < -0.39 is 17.9 Å². The van der Waals surface area contributed by atoms with Crippen LogP contribution in [0.25, 0.3) is 0 Å². The molecule has 0 unspecified atom stereocenters. The molecule has 1 aliphatic carbocycles. The molecule has 3 rings (SSSR count). The zero-order valence-electron chi connectivity index (χ0n) is 11.5. The van der Waals surface area contributed by atoms with Gasteiger partial charge in [-0.05, 0) is 25.0 Å². The van der Waals surface area contributed by atoms with Crippen molar-refractivity contribution in [3.05, 3.63) is 35.9 Å². The third-order valence-corrected chi connectivity index (χ3v) is 3.96. The summed E-state index contributed by atoms with van der Waals surface area (Å²) in [5.41, 5.74) is 0.295. The molecule has 0 radical (unpaired) electrons. The van der Waals surface area contributed by atoms with Gasteiger partial charge >= 0.3 is 12.0 Å². The highest BCUT2D eigenvalue weighted by Gasteiger charge is 2.44. The number of carbonyl (C=O) groups is 3. The number of fused-ring (bicyclic) bond motifs is 1. The minimum absolute atomic E-state index is 0.134. The first-order valence-corrected chi connectivity index (χ1v) is 7.08. The topological polar surface area (TPSA) is 75.7 Å². The van der Waals surface area contributed by atoms with Crippen LogP contribution in [0.5, 0.6) is 0 Å². The van der Waals surface area contributed by atoms with E-state index in [1.807, 2.05) is 0 Å². The van der Waals surface area contributed by atoms with E-state index >= 15 is 0 Å². The van der Waals surface area contributed by atoms with Crippen LogP contribution in [0, 0.1) is 5.92 Å². The predicted octanol–water partition coefficient (Wildman–Crippen LogP) is 1.87. The second-order valence-electron chi connectivity index (χ2n) is 5.32. The van der Waals surface area contributed by atoms with Crippen molar-refractivity contribution in [1.82, 2.24) is 10.4 Å². The van der Waals surface area contributed by atoms with Crippen molar-refractivity contribution in [2.24, 2.45) is 5.92 Å². The maximum absolute atomic E-state index is 12.3. The molecule has 2 fully saturated rings. The van der Waals surface area contributed by atoms with Crippen LogP contribution in [0.15, 0.2) is 30.3 Å². The Hall–Kier alpha value is -2.37. The average Bonchev–Trinajstić information content (AvgIpc) is 2.52. The second-order valence-corrected chi connectivity index (χ2v) is 5.32. The van der Waals surface area contributed by atoms with Crippen LogP contribution in [-0.2, 0) is 9.63 Å². The number of nitrogens with one attached hydrogen (secondary N) is 1. The van der Waals surface area contributed by atoms with E-state index in [-0.39, 0.29) is 12.0 Å². The maximum atomic E-state index is 12.3. The summed E-state index contributed by atoms with van der Waals surface area (Å²) in [6.07, 6.45) is 3.45. The van der Waals surface area contributed by atoms with Crippen molar-refractivity contribution in [3.8, 4) is 0 Å². The van der Waals surface area contributed by atoms with E-state index in [1.54, 1.807) is 30.3 Å². The van der Waals surface area contributed by atoms with Crippen molar-refractivity contribution in [3.63, 3.8) is 0 Å². The van der Waals surface area contributed by atoms with Crippen LogP contribution in [0.3, 0.4) is 0 Å². The molecule has 1 N–H and O–H groups in total. The molecule has 1 aromatic rings. The first kappa shape index (κ1) is 13.6. The Kier molecular flexibility index (Phi) is 3.60. The third kappa shape index (κ3) is 2.61. The van der Waals surface area contributed by atoms with Crippen molar-refractivity contribution >= 4 is 17.9 Å². The summed E-state index contributed by atoms with van der Waals surface area (Å²) in [7, 11) is 0. The van der Waals surface area contributed by atoms with Crippen molar-refractivity contribution in [2.75, 3.05) is 0 Å². The number of benzene rings is 1. The monoisotopic (exact) mass is 288 g/mol. The highest BCUT2D eigenvalue weighted by molar-refractivity contribution is 6.00. The average molecular weight is 288 g/mol. The van der Waals surface area contributed by atoms with Crippen molar-refractivity contribution in [1.29, 1.82) is 0 Å². The van der Waals surface area contributed by atoms with Crippen LogP contribution in [0.4, 0.5) is 4.79 Å². The first-order chi connectivity index (χ1) is 10.2. The second kappa shape index (κ2) is 5.55. The smallest absolute Gasteiger partial charge is 0.332 e. The normalized spacial score (nSPS) is 25.0. The lowest BCUT2D eigenvalue weighted by molar-refractivity contribution is -0.165. The molecule has 0 bridgehead atoms. The number of urea groups is 1. The third-order valence-electron chi connectivity index (χ3n) is 3.96. The fourth-order valence-corrected chi connectivity index (χ4v) is 2.86. The van der Waals surface area contributed by atoms with Gasteiger partial charge < -0.3 is 10.2 Å². The molecule has 1 saturated carbocycles. The molecule has 1 aromatic carbocycles. The lowest BCUT2D eigenvalue weighted by Gasteiger charge is -2.38. The van der Waals surface area contributed by atoms with Gasteiger partial charge in [0.05, 0.1) is 11.5 Å². The molecule has 21 heavy (non-hydrogen) atoms. The van der Waals surface area contributed by atoms with Gasteiger partial charge in [0.15, 0.2) is 0 Å². The Morgan fingerprint density at radius 3 is 2.62 bits per heavy atom. The standard InChI is InChI=1S/C15H16N2O4/c18-13-11-8-4-5-9-12(11)16-15(20)17(13)21-14(19)10-6-2-1-3-7-10/h1-3,6-7,11-12H,4-5,8-9H2,(H,16,20)/t11-,12+/m0/s1. The number of rotatable bonds is 2. The Morgan fingerprint density at radius 2 is 1.86 bits per heavy atom. The van der Waals surface area contributed by atoms with Crippen LogP contribution in [0.1, 0.15) is 36.0 Å². The number of hydroxylamine groups is 2. The zero-order chi connectivity index (χ0) is 14.8. The SMILES string of the molecule is O=C(ON1C(=O)N[C@@H]2CCCC[C@@H]2C1=O)c1ccccc1. The minimum Gasteiger partial charge on any atom is -0.332 e. The quantitative estimate of drug-likeness (QED) is 0.901. The summed E-state index contributed by atoms with van der Waals surface area (Å²) in [6.45, 7) is 0. The largest absolute Gasteiger partial charge is 0.363 e. The molecule has 2 aliphatic rings. The maximum Gasteiger partial charge on any atom is 0.363 e. The molecule has 6 heteroatoms. The Balaban J connectivity index is 1.74. The summed E-state index contributed by atoms with van der Waals surface area (Å²) in [5.74, 6) is -1.43. The van der Waals surface area contributed by atoms with Crippen LogP contribution < -0.4 is 5.32 Å². The van der Waals surface area contributed by atoms with E-state index in [9.17, 15) is 14.4 Å². The van der Waals surface area contributed by atoms with E-state index in [0.29, 0.717) is 17.0 Å². The summed E-state index contributed by atoms with van der Waals surface area (Å²) < 4.78 is 0. The molecule has 0 aromatic heterocycles.